The van der Waals surface area contributed by atoms with E-state index in [4.69, 9.17) is 23.2 Å². The number of amides is 2. The fourth-order valence-electron chi connectivity index (χ4n) is 6.11. The quantitative estimate of drug-likeness (QED) is 0.319. The van der Waals surface area contributed by atoms with Crippen molar-refractivity contribution in [3.63, 3.8) is 0 Å². The molecule has 40 heavy (non-hydrogen) atoms. The predicted octanol–water partition coefficient (Wildman–Crippen LogP) is 6.94. The molecule has 7 heteroatoms. The second kappa shape index (κ2) is 12.8. The number of hydrogen-bond donors (Lipinski definition) is 0. The van der Waals surface area contributed by atoms with Gasteiger partial charge in [-0.25, -0.2) is 0 Å². The Balaban J connectivity index is 1.27. The molecular weight excluding hydrogens is 541 g/mol. The zero-order valence-corrected chi connectivity index (χ0v) is 24.8. The van der Waals surface area contributed by atoms with Gasteiger partial charge in [0.15, 0.2) is 0 Å². The molecule has 0 radical (unpaired) electrons. The number of carbonyl (C=O) groups is 2. The smallest absolute Gasteiger partial charge is 0.254 e. The van der Waals surface area contributed by atoms with Crippen molar-refractivity contribution < 1.29 is 9.59 Å². The highest BCUT2D eigenvalue weighted by Gasteiger charge is 2.35. The first-order valence-electron chi connectivity index (χ1n) is 14.1. The number of piperidine rings is 1. The molecular formula is C33H37Cl2N3O2. The molecule has 2 aliphatic rings. The van der Waals surface area contributed by atoms with E-state index in [-0.39, 0.29) is 17.9 Å². The molecule has 5 nitrogen and oxygen atoms in total. The number of carbonyl (C=O) groups excluding carboxylic acids is 2. The summed E-state index contributed by atoms with van der Waals surface area (Å²) in [6.07, 6.45) is 2.56. The van der Waals surface area contributed by atoms with Crippen LogP contribution >= 0.6 is 23.2 Å². The van der Waals surface area contributed by atoms with E-state index in [0.29, 0.717) is 47.6 Å². The van der Waals surface area contributed by atoms with E-state index in [9.17, 15) is 9.59 Å². The van der Waals surface area contributed by atoms with E-state index in [1.807, 2.05) is 54.0 Å². The van der Waals surface area contributed by atoms with Crippen molar-refractivity contribution in [2.24, 2.45) is 5.92 Å². The number of rotatable bonds is 6. The number of piperazine rings is 1. The van der Waals surface area contributed by atoms with Crippen LogP contribution in [0.4, 0.5) is 0 Å². The lowest BCUT2D eigenvalue weighted by Crippen LogP contribution is -2.52. The molecule has 0 saturated carbocycles. The van der Waals surface area contributed by atoms with E-state index in [1.54, 1.807) is 6.07 Å². The van der Waals surface area contributed by atoms with Crippen LogP contribution in [0.1, 0.15) is 57.9 Å². The molecule has 0 aromatic heterocycles. The fourth-order valence-corrected chi connectivity index (χ4v) is 6.41. The summed E-state index contributed by atoms with van der Waals surface area (Å²) in [6.45, 7) is 8.39. The van der Waals surface area contributed by atoms with Crippen LogP contribution in [0.5, 0.6) is 0 Å². The molecule has 3 aromatic carbocycles. The zero-order valence-electron chi connectivity index (χ0n) is 23.3. The molecule has 2 saturated heterocycles. The largest absolute Gasteiger partial charge is 0.334 e. The topological polar surface area (TPSA) is 43.9 Å². The van der Waals surface area contributed by atoms with Gasteiger partial charge in [0.2, 0.25) is 5.91 Å². The van der Waals surface area contributed by atoms with Crippen molar-refractivity contribution in [2.75, 3.05) is 32.7 Å². The summed E-state index contributed by atoms with van der Waals surface area (Å²) in [7, 11) is 0. The van der Waals surface area contributed by atoms with E-state index >= 15 is 0 Å². The molecule has 2 heterocycles. The van der Waals surface area contributed by atoms with Crippen molar-refractivity contribution in [1.29, 1.82) is 0 Å². The Morgan fingerprint density at radius 2 is 1.52 bits per heavy atom. The van der Waals surface area contributed by atoms with Crippen LogP contribution in [-0.4, -0.2) is 59.2 Å². The fraction of sp³-hybridized carbons (Fsp3) is 0.394. The monoisotopic (exact) mass is 577 g/mol. The van der Waals surface area contributed by atoms with E-state index in [2.05, 4.69) is 35.2 Å². The maximum atomic E-state index is 13.8. The second-order valence-corrected chi connectivity index (χ2v) is 12.1. The number of nitrogens with zero attached hydrogens (tertiary/aromatic N) is 3. The highest BCUT2D eigenvalue weighted by atomic mass is 35.5. The highest BCUT2D eigenvalue weighted by Crippen LogP contribution is 2.33. The van der Waals surface area contributed by atoms with Crippen LogP contribution in [0.2, 0.25) is 10.0 Å². The van der Waals surface area contributed by atoms with Gasteiger partial charge in [0.05, 0.1) is 16.1 Å². The molecule has 0 spiro atoms. The normalized spacial score (nSPS) is 18.6. The van der Waals surface area contributed by atoms with Gasteiger partial charge in [0.25, 0.3) is 5.91 Å². The molecule has 0 N–H and O–H groups in total. The molecule has 0 aliphatic carbocycles. The molecule has 210 valence electrons. The average Bonchev–Trinajstić information content (AvgIpc) is 2.95. The van der Waals surface area contributed by atoms with E-state index in [0.717, 1.165) is 49.2 Å². The van der Waals surface area contributed by atoms with Gasteiger partial charge in [0.1, 0.15) is 0 Å². The number of halogens is 2. The maximum absolute atomic E-state index is 13.8. The lowest BCUT2D eigenvalue weighted by Gasteiger charge is -2.42. The van der Waals surface area contributed by atoms with Crippen LogP contribution in [0, 0.1) is 19.8 Å². The minimum Gasteiger partial charge on any atom is -0.334 e. The van der Waals surface area contributed by atoms with Crippen LogP contribution in [0.25, 0.3) is 0 Å². The van der Waals surface area contributed by atoms with E-state index < -0.39 is 0 Å². The molecule has 2 fully saturated rings. The summed E-state index contributed by atoms with van der Waals surface area (Å²) in [5.41, 5.74) is 5.04. The summed E-state index contributed by atoms with van der Waals surface area (Å²) in [6, 6.07) is 21.7. The van der Waals surface area contributed by atoms with Crippen LogP contribution < -0.4 is 0 Å². The summed E-state index contributed by atoms with van der Waals surface area (Å²) in [5, 5.41) is 0.930. The summed E-state index contributed by atoms with van der Waals surface area (Å²) in [4.78, 5) is 33.6. The molecule has 5 rings (SSSR count). The van der Waals surface area contributed by atoms with Gasteiger partial charge in [-0.15, -0.1) is 0 Å². The predicted molar refractivity (Wildman–Crippen MR) is 162 cm³/mol. The summed E-state index contributed by atoms with van der Waals surface area (Å²) in [5.74, 6) is 0.509. The average molecular weight is 579 g/mol. The van der Waals surface area contributed by atoms with Crippen molar-refractivity contribution in [1.82, 2.24) is 14.7 Å². The number of benzene rings is 3. The Bertz CT molecular complexity index is 1330. The van der Waals surface area contributed by atoms with Gasteiger partial charge in [0, 0.05) is 38.2 Å². The lowest BCUT2D eigenvalue weighted by atomic mass is 9.91. The number of hydrogen-bond acceptors (Lipinski definition) is 3. The molecule has 3 aromatic rings. The third-order valence-electron chi connectivity index (χ3n) is 8.20. The molecule has 0 bridgehead atoms. The van der Waals surface area contributed by atoms with Crippen molar-refractivity contribution in [2.45, 2.75) is 45.7 Å². The summed E-state index contributed by atoms with van der Waals surface area (Å²) < 4.78 is 0. The highest BCUT2D eigenvalue weighted by molar-refractivity contribution is 6.42. The van der Waals surface area contributed by atoms with Gasteiger partial charge >= 0.3 is 0 Å². The van der Waals surface area contributed by atoms with Gasteiger partial charge in [-0.3, -0.25) is 14.5 Å². The minimum absolute atomic E-state index is 0.00486. The lowest BCUT2D eigenvalue weighted by molar-refractivity contribution is -0.137. The molecule has 2 aliphatic heterocycles. The van der Waals surface area contributed by atoms with Crippen LogP contribution in [-0.2, 0) is 11.3 Å². The van der Waals surface area contributed by atoms with Gasteiger partial charge in [-0.2, -0.15) is 0 Å². The van der Waals surface area contributed by atoms with Crippen LogP contribution in [0.15, 0.2) is 66.7 Å². The summed E-state index contributed by atoms with van der Waals surface area (Å²) >= 11 is 12.6. The molecule has 0 unspecified atom stereocenters. The SMILES string of the molecule is Cc1cc(C)cc(C(=O)N2CCN(C(=O)CC3CCN(Cc4ccccc4)CC3)[C@@H](c3ccc(Cl)c(Cl)c3)C2)c1. The van der Waals surface area contributed by atoms with Crippen molar-refractivity contribution in [3.05, 3.63) is 105 Å². The third kappa shape index (κ3) is 6.88. The first-order chi connectivity index (χ1) is 19.3. The van der Waals surface area contributed by atoms with E-state index in [1.165, 1.54) is 5.56 Å². The van der Waals surface area contributed by atoms with Gasteiger partial charge in [-0.05, 0) is 81.1 Å². The van der Waals surface area contributed by atoms with Gasteiger partial charge in [-0.1, -0.05) is 76.8 Å². The molecule has 1 atom stereocenters. The number of likely N-dealkylation sites (tertiary alicyclic amines) is 1. The standard InChI is InChI=1S/C33H37Cl2N3O2/c1-23-16-24(2)18-28(17-23)33(40)37-14-15-38(31(22-37)27-8-9-29(34)30(35)20-27)32(39)19-25-10-12-36(13-11-25)21-26-6-4-3-5-7-26/h3-9,16-18,20,25,31H,10-15,19,21-22H2,1-2H3/t31-/m1/s1. The second-order valence-electron chi connectivity index (χ2n) is 11.3. The first-order valence-corrected chi connectivity index (χ1v) is 14.9. The Labute approximate surface area is 247 Å². The Kier molecular flexibility index (Phi) is 9.14. The Morgan fingerprint density at radius 1 is 0.825 bits per heavy atom. The maximum Gasteiger partial charge on any atom is 0.254 e. The first kappa shape index (κ1) is 28.7. The Morgan fingerprint density at radius 3 is 2.20 bits per heavy atom. The molecule has 2 amide bonds. The minimum atomic E-state index is -0.274. The zero-order chi connectivity index (χ0) is 28.2. The van der Waals surface area contributed by atoms with Crippen molar-refractivity contribution in [3.8, 4) is 0 Å². The van der Waals surface area contributed by atoms with Gasteiger partial charge < -0.3 is 9.80 Å². The Hall–Kier alpha value is -2.86. The number of aryl methyl sites for hydroxylation is 2. The third-order valence-corrected chi connectivity index (χ3v) is 8.94. The van der Waals surface area contributed by atoms with Crippen LogP contribution in [0.3, 0.4) is 0 Å². The van der Waals surface area contributed by atoms with Crippen molar-refractivity contribution >= 4 is 35.0 Å².